The number of ether oxygens (including phenoxy) is 2. The molecule has 0 saturated heterocycles. The molecule has 0 fully saturated rings. The van der Waals surface area contributed by atoms with Crippen LogP contribution in [-0.4, -0.2) is 13.0 Å². The second kappa shape index (κ2) is 8.73. The normalized spacial score (nSPS) is 10.3. The van der Waals surface area contributed by atoms with E-state index in [0.717, 1.165) is 22.2 Å². The fourth-order valence-corrected chi connectivity index (χ4v) is 2.83. The Bertz CT molecular complexity index is 716. The van der Waals surface area contributed by atoms with Crippen LogP contribution < -0.4 is 14.8 Å². The maximum atomic E-state index is 11.7. The molecule has 2 aromatic carbocycles. The van der Waals surface area contributed by atoms with Gasteiger partial charge in [-0.15, -0.1) is 0 Å². The summed E-state index contributed by atoms with van der Waals surface area (Å²) in [5, 5.41) is 2.89. The highest BCUT2D eigenvalue weighted by molar-refractivity contribution is 9.10. The van der Waals surface area contributed by atoms with E-state index in [1.165, 1.54) is 5.56 Å². The molecular weight excluding hydrogens is 370 g/mol. The molecule has 0 aromatic heterocycles. The van der Waals surface area contributed by atoms with Gasteiger partial charge >= 0.3 is 0 Å². The number of methoxy groups -OCH3 is 1. The number of amides is 1. The molecule has 2 aromatic rings. The molecule has 2 rings (SSSR count). The molecule has 0 unspecified atom stereocenters. The van der Waals surface area contributed by atoms with E-state index in [4.69, 9.17) is 9.47 Å². The smallest absolute Gasteiger partial charge is 0.224 e. The summed E-state index contributed by atoms with van der Waals surface area (Å²) in [6.07, 6.45) is 1.39. The lowest BCUT2D eigenvalue weighted by atomic mass is 10.1. The van der Waals surface area contributed by atoms with Gasteiger partial charge in [0.25, 0.3) is 0 Å². The summed E-state index contributed by atoms with van der Waals surface area (Å²) >= 11 is 3.54. The first kappa shape index (κ1) is 18.3. The van der Waals surface area contributed by atoms with Gasteiger partial charge < -0.3 is 14.8 Å². The number of carbonyl (C=O) groups is 1. The summed E-state index contributed by atoms with van der Waals surface area (Å²) in [6, 6.07) is 11.6. The van der Waals surface area contributed by atoms with Crippen molar-refractivity contribution >= 4 is 27.5 Å². The van der Waals surface area contributed by atoms with Crippen molar-refractivity contribution in [2.75, 3.05) is 12.4 Å². The van der Waals surface area contributed by atoms with Gasteiger partial charge in [0.2, 0.25) is 5.91 Å². The van der Waals surface area contributed by atoms with Crippen LogP contribution >= 0.6 is 15.9 Å². The largest absolute Gasteiger partial charge is 0.496 e. The van der Waals surface area contributed by atoms with Crippen LogP contribution in [0.4, 0.5) is 5.69 Å². The summed E-state index contributed by atoms with van der Waals surface area (Å²) in [7, 11) is 1.61. The average molecular weight is 392 g/mol. The first-order valence-electron chi connectivity index (χ1n) is 7.96. The lowest BCUT2D eigenvalue weighted by Crippen LogP contribution is -2.13. The van der Waals surface area contributed by atoms with Gasteiger partial charge in [-0.3, -0.25) is 4.79 Å². The highest BCUT2D eigenvalue weighted by atomic mass is 79.9. The van der Waals surface area contributed by atoms with Crippen LogP contribution in [0.25, 0.3) is 0 Å². The number of hydrogen-bond acceptors (Lipinski definition) is 3. The third-order valence-corrected chi connectivity index (χ3v) is 4.34. The molecule has 5 heteroatoms. The number of benzene rings is 2. The van der Waals surface area contributed by atoms with E-state index in [1.54, 1.807) is 7.11 Å². The third kappa shape index (κ3) is 4.51. The minimum Gasteiger partial charge on any atom is -0.496 e. The summed E-state index contributed by atoms with van der Waals surface area (Å²) < 4.78 is 12.3. The van der Waals surface area contributed by atoms with Gasteiger partial charge in [-0.2, -0.15) is 0 Å². The van der Waals surface area contributed by atoms with Crippen LogP contribution in [0, 0.1) is 0 Å². The molecule has 128 valence electrons. The topological polar surface area (TPSA) is 47.6 Å². The third-order valence-electron chi connectivity index (χ3n) is 3.72. The summed E-state index contributed by atoms with van der Waals surface area (Å²) in [5.41, 5.74) is 2.76. The van der Waals surface area contributed by atoms with E-state index in [0.29, 0.717) is 24.5 Å². The first-order valence-corrected chi connectivity index (χ1v) is 8.75. The van der Waals surface area contributed by atoms with E-state index in [9.17, 15) is 4.79 Å². The molecule has 0 aliphatic carbocycles. The van der Waals surface area contributed by atoms with Crippen LogP contribution in [0.1, 0.15) is 31.4 Å². The molecule has 0 aliphatic rings. The van der Waals surface area contributed by atoms with E-state index in [2.05, 4.69) is 34.2 Å². The number of anilines is 1. The summed E-state index contributed by atoms with van der Waals surface area (Å²) in [4.78, 5) is 11.7. The van der Waals surface area contributed by atoms with Gasteiger partial charge in [0.05, 0.1) is 22.8 Å². The van der Waals surface area contributed by atoms with E-state index in [-0.39, 0.29) is 5.91 Å². The van der Waals surface area contributed by atoms with Crippen molar-refractivity contribution in [1.29, 1.82) is 0 Å². The molecule has 1 amide bonds. The van der Waals surface area contributed by atoms with Crippen molar-refractivity contribution in [3.63, 3.8) is 0 Å². The number of aryl methyl sites for hydroxylation is 1. The minimum absolute atomic E-state index is 0.0435. The number of hydrogen-bond donors (Lipinski definition) is 1. The predicted octanol–water partition coefficient (Wildman–Crippen LogP) is 4.95. The second-order valence-corrected chi connectivity index (χ2v) is 6.15. The van der Waals surface area contributed by atoms with Gasteiger partial charge in [-0.1, -0.05) is 26.0 Å². The molecule has 0 aliphatic heterocycles. The molecule has 4 nitrogen and oxygen atoms in total. The highest BCUT2D eigenvalue weighted by Gasteiger charge is 2.13. The number of carbonyl (C=O) groups excluding carboxylic acids is 1. The molecule has 0 bridgehead atoms. The van der Waals surface area contributed by atoms with Gasteiger partial charge in [0.15, 0.2) is 0 Å². The first-order chi connectivity index (χ1) is 11.6. The van der Waals surface area contributed by atoms with Crippen molar-refractivity contribution in [2.45, 2.75) is 33.3 Å². The van der Waals surface area contributed by atoms with Crippen molar-refractivity contribution in [2.24, 2.45) is 0 Å². The molecular formula is C19H22BrNO3. The standard InChI is InChI=1S/C19H22BrNO3/c1-4-13-9-10-18(15(20)11-13)24-12-14-16(21-19(22)5-2)7-6-8-17(14)23-3/h6-11H,4-5,12H2,1-3H3,(H,21,22). The SMILES string of the molecule is CCC(=O)Nc1cccc(OC)c1COc1ccc(CC)cc1Br. The fraction of sp³-hybridized carbons (Fsp3) is 0.316. The van der Waals surface area contributed by atoms with Gasteiger partial charge in [0.1, 0.15) is 18.1 Å². The number of nitrogens with one attached hydrogen (secondary N) is 1. The zero-order valence-corrected chi connectivity index (χ0v) is 15.8. The summed E-state index contributed by atoms with van der Waals surface area (Å²) in [5.74, 6) is 1.40. The van der Waals surface area contributed by atoms with Crippen LogP contribution in [0.5, 0.6) is 11.5 Å². The molecule has 0 spiro atoms. The van der Waals surface area contributed by atoms with Crippen molar-refractivity contribution in [3.8, 4) is 11.5 Å². The van der Waals surface area contributed by atoms with Gasteiger partial charge in [-0.05, 0) is 52.2 Å². The van der Waals surface area contributed by atoms with Gasteiger partial charge in [-0.25, -0.2) is 0 Å². The Hall–Kier alpha value is -2.01. The van der Waals surface area contributed by atoms with Crippen LogP contribution in [0.3, 0.4) is 0 Å². The second-order valence-electron chi connectivity index (χ2n) is 5.30. The van der Waals surface area contributed by atoms with Crippen molar-refractivity contribution in [1.82, 2.24) is 0 Å². The molecule has 0 atom stereocenters. The van der Waals surface area contributed by atoms with Crippen LogP contribution in [0.15, 0.2) is 40.9 Å². The lowest BCUT2D eigenvalue weighted by molar-refractivity contribution is -0.115. The number of halogens is 1. The Morgan fingerprint density at radius 3 is 2.58 bits per heavy atom. The predicted molar refractivity (Wildman–Crippen MR) is 99.8 cm³/mol. The van der Waals surface area contributed by atoms with E-state index >= 15 is 0 Å². The Morgan fingerprint density at radius 2 is 1.96 bits per heavy atom. The summed E-state index contributed by atoms with van der Waals surface area (Å²) in [6.45, 7) is 4.23. The minimum atomic E-state index is -0.0435. The Labute approximate surface area is 151 Å². The monoisotopic (exact) mass is 391 g/mol. The van der Waals surface area contributed by atoms with Crippen molar-refractivity contribution < 1.29 is 14.3 Å². The Kier molecular flexibility index (Phi) is 6.67. The molecule has 0 radical (unpaired) electrons. The fourth-order valence-electron chi connectivity index (χ4n) is 2.29. The molecule has 0 saturated carbocycles. The zero-order chi connectivity index (χ0) is 17.5. The van der Waals surface area contributed by atoms with Crippen molar-refractivity contribution in [3.05, 3.63) is 52.0 Å². The Morgan fingerprint density at radius 1 is 1.17 bits per heavy atom. The lowest BCUT2D eigenvalue weighted by Gasteiger charge is -2.16. The van der Waals surface area contributed by atoms with Gasteiger partial charge in [0, 0.05) is 6.42 Å². The van der Waals surface area contributed by atoms with Crippen LogP contribution in [0.2, 0.25) is 0 Å². The Balaban J connectivity index is 2.23. The van der Waals surface area contributed by atoms with E-state index < -0.39 is 0 Å². The molecule has 0 heterocycles. The quantitative estimate of drug-likeness (QED) is 0.726. The highest BCUT2D eigenvalue weighted by Crippen LogP contribution is 2.31. The molecule has 24 heavy (non-hydrogen) atoms. The van der Waals surface area contributed by atoms with E-state index in [1.807, 2.05) is 37.3 Å². The number of rotatable bonds is 7. The maximum Gasteiger partial charge on any atom is 0.224 e. The molecule has 1 N–H and O–H groups in total. The zero-order valence-electron chi connectivity index (χ0n) is 14.2. The maximum absolute atomic E-state index is 11.7. The average Bonchev–Trinajstić information content (AvgIpc) is 2.60. The van der Waals surface area contributed by atoms with Crippen LogP contribution in [-0.2, 0) is 17.8 Å².